The molecule has 1 aliphatic rings. The van der Waals surface area contributed by atoms with Crippen LogP contribution in [0.15, 0.2) is 77.7 Å². The topological polar surface area (TPSA) is 59.1 Å². The van der Waals surface area contributed by atoms with E-state index in [-0.39, 0.29) is 4.90 Å². The first-order valence-electron chi connectivity index (χ1n) is 10.8. The molecule has 0 bridgehead atoms. The molecule has 174 valence electrons. The minimum Gasteiger partial charge on any atom is -0.493 e. The second kappa shape index (κ2) is 10.3. The average molecular weight is 471 g/mol. The highest BCUT2D eigenvalue weighted by atomic mass is 32.2. The molecule has 0 aromatic heterocycles. The van der Waals surface area contributed by atoms with Crippen molar-refractivity contribution in [3.63, 3.8) is 0 Å². The van der Waals surface area contributed by atoms with E-state index in [1.54, 1.807) is 7.11 Å². The summed E-state index contributed by atoms with van der Waals surface area (Å²) in [6.07, 6.45) is 0. The number of hydrogen-bond donors (Lipinski definition) is 0. The fraction of sp³-hybridized carbons (Fsp3) is 0.280. The molecule has 1 fully saturated rings. The lowest BCUT2D eigenvalue weighted by Gasteiger charge is -2.34. The molecule has 3 aromatic carbocycles. The Morgan fingerprint density at radius 1 is 0.848 bits per heavy atom. The molecule has 0 spiro atoms. The summed E-state index contributed by atoms with van der Waals surface area (Å²) in [4.78, 5) is 2.33. The van der Waals surface area contributed by atoms with Crippen LogP contribution in [0.1, 0.15) is 11.1 Å². The third-order valence-corrected chi connectivity index (χ3v) is 7.57. The van der Waals surface area contributed by atoms with Crippen LogP contribution in [0.3, 0.4) is 0 Å². The first-order chi connectivity index (χ1) is 16.0. The van der Waals surface area contributed by atoms with Crippen molar-refractivity contribution in [3.05, 3.63) is 89.7 Å². The minimum atomic E-state index is -3.62. The Bertz CT molecular complexity index is 1160. The summed E-state index contributed by atoms with van der Waals surface area (Å²) in [6.45, 7) is 3.09. The Kier molecular flexibility index (Phi) is 7.27. The van der Waals surface area contributed by atoms with E-state index in [2.05, 4.69) is 4.90 Å². The molecule has 0 amide bonds. The zero-order valence-corrected chi connectivity index (χ0v) is 19.3. The molecule has 0 N–H and O–H groups in total. The van der Waals surface area contributed by atoms with E-state index in [4.69, 9.17) is 9.47 Å². The van der Waals surface area contributed by atoms with Gasteiger partial charge in [0.25, 0.3) is 0 Å². The normalized spacial score (nSPS) is 15.3. The number of piperazine rings is 1. The summed E-state index contributed by atoms with van der Waals surface area (Å²) in [5.74, 6) is 0.895. The summed E-state index contributed by atoms with van der Waals surface area (Å²) in [6, 6.07) is 20.8. The van der Waals surface area contributed by atoms with Gasteiger partial charge in [-0.3, -0.25) is 4.90 Å². The standard InChI is InChI=1S/C25H27FN2O4S/c1-31-24-12-7-21(17-25(24)32-19-20-5-3-2-4-6-20)18-27-13-15-28(16-14-27)33(29,30)23-10-8-22(26)9-11-23/h2-12,17H,13-16,18-19H2,1H3. The highest BCUT2D eigenvalue weighted by molar-refractivity contribution is 7.89. The molecule has 0 unspecified atom stereocenters. The van der Waals surface area contributed by atoms with Crippen LogP contribution in [0, 0.1) is 5.82 Å². The third kappa shape index (κ3) is 5.71. The molecule has 1 aliphatic heterocycles. The molecule has 0 atom stereocenters. The number of benzene rings is 3. The summed E-state index contributed by atoms with van der Waals surface area (Å²) in [7, 11) is -2.00. The SMILES string of the molecule is COc1ccc(CN2CCN(S(=O)(=O)c3ccc(F)cc3)CC2)cc1OCc1ccccc1. The van der Waals surface area contributed by atoms with Crippen LogP contribution in [0.4, 0.5) is 4.39 Å². The first kappa shape index (κ1) is 23.2. The second-order valence-corrected chi connectivity index (χ2v) is 9.83. The minimum absolute atomic E-state index is 0.118. The maximum absolute atomic E-state index is 13.2. The smallest absolute Gasteiger partial charge is 0.243 e. The van der Waals surface area contributed by atoms with Gasteiger partial charge in [0.05, 0.1) is 12.0 Å². The van der Waals surface area contributed by atoms with Gasteiger partial charge in [0.15, 0.2) is 11.5 Å². The molecule has 8 heteroatoms. The van der Waals surface area contributed by atoms with Crippen LogP contribution in [0.5, 0.6) is 11.5 Å². The zero-order chi connectivity index (χ0) is 23.3. The molecule has 0 saturated carbocycles. The van der Waals surface area contributed by atoms with Crippen molar-refractivity contribution < 1.29 is 22.3 Å². The number of halogens is 1. The van der Waals surface area contributed by atoms with Gasteiger partial charge in [0.2, 0.25) is 10.0 Å². The summed E-state index contributed by atoms with van der Waals surface area (Å²) < 4.78 is 51.7. The Balaban J connectivity index is 1.37. The van der Waals surface area contributed by atoms with Gasteiger partial charge < -0.3 is 9.47 Å². The number of hydrogen-bond acceptors (Lipinski definition) is 5. The van der Waals surface area contributed by atoms with Crippen LogP contribution in [0.25, 0.3) is 0 Å². The molecule has 1 saturated heterocycles. The van der Waals surface area contributed by atoms with E-state index in [0.717, 1.165) is 11.1 Å². The molecule has 1 heterocycles. The van der Waals surface area contributed by atoms with Crippen LogP contribution < -0.4 is 9.47 Å². The molecule has 0 radical (unpaired) electrons. The molecule has 33 heavy (non-hydrogen) atoms. The van der Waals surface area contributed by atoms with Crippen LogP contribution in [-0.2, 0) is 23.2 Å². The third-order valence-electron chi connectivity index (χ3n) is 5.65. The molecular formula is C25H27FN2O4S. The van der Waals surface area contributed by atoms with Crippen molar-refractivity contribution in [2.24, 2.45) is 0 Å². The van der Waals surface area contributed by atoms with Crippen molar-refractivity contribution in [2.75, 3.05) is 33.3 Å². The lowest BCUT2D eigenvalue weighted by atomic mass is 10.1. The van der Waals surface area contributed by atoms with Crippen molar-refractivity contribution >= 4 is 10.0 Å². The van der Waals surface area contributed by atoms with E-state index in [1.165, 1.54) is 28.6 Å². The second-order valence-electron chi connectivity index (χ2n) is 7.89. The van der Waals surface area contributed by atoms with Crippen LogP contribution in [-0.4, -0.2) is 50.9 Å². The fourth-order valence-corrected chi connectivity index (χ4v) is 5.23. The fourth-order valence-electron chi connectivity index (χ4n) is 3.81. The van der Waals surface area contributed by atoms with E-state index >= 15 is 0 Å². The Morgan fingerprint density at radius 2 is 1.55 bits per heavy atom. The first-order valence-corrected chi connectivity index (χ1v) is 12.2. The predicted octanol–water partition coefficient (Wildman–Crippen LogP) is 3.92. The molecule has 6 nitrogen and oxygen atoms in total. The van der Waals surface area contributed by atoms with Crippen molar-refractivity contribution in [3.8, 4) is 11.5 Å². The maximum atomic E-state index is 13.2. The van der Waals surface area contributed by atoms with Gasteiger partial charge in [-0.2, -0.15) is 4.31 Å². The summed E-state index contributed by atoms with van der Waals surface area (Å²) in [5.41, 5.74) is 2.14. The molecule has 0 aliphatic carbocycles. The van der Waals surface area contributed by atoms with Gasteiger partial charge in [-0.05, 0) is 47.5 Å². The van der Waals surface area contributed by atoms with E-state index in [9.17, 15) is 12.8 Å². The molecule has 4 rings (SSSR count). The van der Waals surface area contributed by atoms with Crippen molar-refractivity contribution in [2.45, 2.75) is 18.0 Å². The van der Waals surface area contributed by atoms with Gasteiger partial charge in [-0.25, -0.2) is 12.8 Å². The number of sulfonamides is 1. The average Bonchev–Trinajstić information content (AvgIpc) is 2.84. The van der Waals surface area contributed by atoms with Crippen molar-refractivity contribution in [1.29, 1.82) is 0 Å². The molecule has 3 aromatic rings. The largest absolute Gasteiger partial charge is 0.493 e. The van der Waals surface area contributed by atoms with Gasteiger partial charge in [-0.15, -0.1) is 0 Å². The van der Waals surface area contributed by atoms with E-state index in [1.807, 2.05) is 48.5 Å². The van der Waals surface area contributed by atoms with Gasteiger partial charge in [0, 0.05) is 32.7 Å². The predicted molar refractivity (Wildman–Crippen MR) is 124 cm³/mol. The summed E-state index contributed by atoms with van der Waals surface area (Å²) >= 11 is 0. The maximum Gasteiger partial charge on any atom is 0.243 e. The van der Waals surface area contributed by atoms with Crippen molar-refractivity contribution in [1.82, 2.24) is 9.21 Å². The van der Waals surface area contributed by atoms with Gasteiger partial charge in [-0.1, -0.05) is 36.4 Å². The Morgan fingerprint density at radius 3 is 2.21 bits per heavy atom. The number of methoxy groups -OCH3 is 1. The number of ether oxygens (including phenoxy) is 2. The number of nitrogens with zero attached hydrogens (tertiary/aromatic N) is 2. The highest BCUT2D eigenvalue weighted by Crippen LogP contribution is 2.29. The Hall–Kier alpha value is -2.94. The van der Waals surface area contributed by atoms with Gasteiger partial charge >= 0.3 is 0 Å². The summed E-state index contributed by atoms with van der Waals surface area (Å²) in [5, 5.41) is 0. The monoisotopic (exact) mass is 470 g/mol. The van der Waals surface area contributed by atoms with Gasteiger partial charge in [0.1, 0.15) is 12.4 Å². The highest BCUT2D eigenvalue weighted by Gasteiger charge is 2.28. The number of rotatable bonds is 8. The Labute approximate surface area is 194 Å². The van der Waals surface area contributed by atoms with E-state index < -0.39 is 15.8 Å². The van der Waals surface area contributed by atoms with E-state index in [0.29, 0.717) is 50.8 Å². The van der Waals surface area contributed by atoms with Crippen LogP contribution in [0.2, 0.25) is 0 Å². The quantitative estimate of drug-likeness (QED) is 0.500. The van der Waals surface area contributed by atoms with Crippen LogP contribution >= 0.6 is 0 Å². The lowest BCUT2D eigenvalue weighted by molar-refractivity contribution is 0.181. The zero-order valence-electron chi connectivity index (χ0n) is 18.5. The molecular weight excluding hydrogens is 443 g/mol. The lowest BCUT2D eigenvalue weighted by Crippen LogP contribution is -2.48.